The Morgan fingerprint density at radius 2 is 1.61 bits per heavy atom. The molecule has 0 bridgehead atoms. The molecule has 2 rings (SSSR count). The third-order valence-electron chi connectivity index (χ3n) is 4.27. The highest BCUT2D eigenvalue weighted by Gasteiger charge is 2.20. The maximum Gasteiger partial charge on any atom is 0.138 e. The number of terminal acetylenes is 1. The molecule has 28 heavy (non-hydrogen) atoms. The number of hydrogen-bond acceptors (Lipinski definition) is 3. The zero-order valence-electron chi connectivity index (χ0n) is 16.5. The molecule has 1 atom stereocenters. The number of Topliss-reactive ketones (excluding diaryl/α,β-unsaturated/α-hetero) is 2. The van der Waals surface area contributed by atoms with Gasteiger partial charge in [0.05, 0.1) is 0 Å². The molecule has 3 nitrogen and oxygen atoms in total. The number of hydrogen-bond donors (Lipinski definition) is 1. The van der Waals surface area contributed by atoms with E-state index in [0.29, 0.717) is 0 Å². The largest absolute Gasteiger partial charge is 0.378 e. The summed E-state index contributed by atoms with van der Waals surface area (Å²) in [5, 5.41) is 9.65. The van der Waals surface area contributed by atoms with Crippen LogP contribution in [0.2, 0.25) is 0 Å². The molecule has 0 saturated heterocycles. The van der Waals surface area contributed by atoms with Crippen LogP contribution in [0.1, 0.15) is 55.4 Å². The van der Waals surface area contributed by atoms with Gasteiger partial charge < -0.3 is 5.11 Å². The normalized spacial score (nSPS) is 11.7. The molecule has 1 N–H and O–H groups in total. The zero-order chi connectivity index (χ0) is 20.7. The fourth-order valence-corrected chi connectivity index (χ4v) is 2.77. The summed E-state index contributed by atoms with van der Waals surface area (Å²) in [6.07, 6.45) is 5.77. The molecule has 0 aromatic heterocycles. The van der Waals surface area contributed by atoms with Gasteiger partial charge in [-0.1, -0.05) is 42.0 Å². The van der Waals surface area contributed by atoms with E-state index in [1.165, 1.54) is 6.92 Å². The summed E-state index contributed by atoms with van der Waals surface area (Å²) in [7, 11) is 0. The summed E-state index contributed by atoms with van der Waals surface area (Å²) in [6, 6.07) is 14.5. The molecule has 2 aromatic rings. The van der Waals surface area contributed by atoms with E-state index in [-0.39, 0.29) is 24.4 Å². The van der Waals surface area contributed by atoms with E-state index in [2.05, 4.69) is 17.8 Å². The minimum Gasteiger partial charge on any atom is -0.378 e. The van der Waals surface area contributed by atoms with Crippen LogP contribution in [0.5, 0.6) is 0 Å². The van der Waals surface area contributed by atoms with Crippen molar-refractivity contribution in [3.05, 3.63) is 70.8 Å². The first kappa shape index (κ1) is 21.2. The predicted octanol–water partition coefficient (Wildman–Crippen LogP) is 3.66. The van der Waals surface area contributed by atoms with Crippen LogP contribution in [-0.4, -0.2) is 22.3 Å². The number of carbonyl (C=O) groups excluding carboxylic acids is 2. The molecule has 0 heterocycles. The van der Waals surface area contributed by atoms with E-state index in [4.69, 9.17) is 6.42 Å². The molecular weight excluding hydrogens is 348 g/mol. The number of rotatable bonds is 6. The Kier molecular flexibility index (Phi) is 6.94. The maximum absolute atomic E-state index is 12.5. The van der Waals surface area contributed by atoms with Gasteiger partial charge in [-0.05, 0) is 56.2 Å². The van der Waals surface area contributed by atoms with Crippen molar-refractivity contribution in [1.29, 1.82) is 0 Å². The second-order valence-corrected chi connectivity index (χ2v) is 7.36. The van der Waals surface area contributed by atoms with E-state index < -0.39 is 11.5 Å². The monoisotopic (exact) mass is 372 g/mol. The number of benzene rings is 2. The van der Waals surface area contributed by atoms with Gasteiger partial charge in [-0.25, -0.2) is 0 Å². The second kappa shape index (κ2) is 9.18. The number of carbonyl (C=O) groups is 2. The minimum absolute atomic E-state index is 0.00319. The van der Waals surface area contributed by atoms with E-state index in [1.807, 2.05) is 36.4 Å². The third kappa shape index (κ3) is 6.54. The van der Waals surface area contributed by atoms with Crippen LogP contribution >= 0.6 is 0 Å². The molecule has 0 spiro atoms. The fourth-order valence-electron chi connectivity index (χ4n) is 2.77. The highest BCUT2D eigenvalue weighted by atomic mass is 16.3. The Labute approximate surface area is 166 Å². The van der Waals surface area contributed by atoms with Crippen molar-refractivity contribution < 1.29 is 14.7 Å². The number of aliphatic hydroxyl groups is 1. The van der Waals surface area contributed by atoms with Crippen molar-refractivity contribution in [3.63, 3.8) is 0 Å². The molecule has 142 valence electrons. The molecule has 1 unspecified atom stereocenters. The lowest BCUT2D eigenvalue weighted by Crippen LogP contribution is -2.15. The quantitative estimate of drug-likeness (QED) is 0.788. The Hall–Kier alpha value is -3.14. The third-order valence-corrected chi connectivity index (χ3v) is 4.27. The first-order chi connectivity index (χ1) is 13.2. The lowest BCUT2D eigenvalue weighted by molar-refractivity contribution is -0.124. The average Bonchev–Trinajstić information content (AvgIpc) is 2.65. The average molecular weight is 372 g/mol. The molecule has 2 aromatic carbocycles. The Morgan fingerprint density at radius 1 is 1.04 bits per heavy atom. The van der Waals surface area contributed by atoms with E-state index in [0.717, 1.165) is 22.3 Å². The first-order valence-corrected chi connectivity index (χ1v) is 9.11. The standard InChI is InChI=1S/C25H24O3/c1-5-19-10-12-22(13-11-19)24(18(2)26)17-23(27)16-21-8-6-20(7-9-21)14-15-25(3,4)28/h1,6-13,24,28H,16-17H2,2-4H3. The van der Waals surface area contributed by atoms with Crippen molar-refractivity contribution in [3.8, 4) is 24.2 Å². The molecule has 3 heteroatoms. The van der Waals surface area contributed by atoms with Crippen molar-refractivity contribution in [2.24, 2.45) is 0 Å². The SMILES string of the molecule is C#Cc1ccc(C(CC(=O)Cc2ccc(C#CC(C)(C)O)cc2)C(C)=O)cc1. The van der Waals surface area contributed by atoms with Gasteiger partial charge in [0.1, 0.15) is 17.2 Å². The summed E-state index contributed by atoms with van der Waals surface area (Å²) >= 11 is 0. The smallest absolute Gasteiger partial charge is 0.138 e. The van der Waals surface area contributed by atoms with Gasteiger partial charge in [0.2, 0.25) is 0 Å². The molecular formula is C25H24O3. The van der Waals surface area contributed by atoms with Crippen molar-refractivity contribution >= 4 is 11.6 Å². The van der Waals surface area contributed by atoms with Crippen molar-refractivity contribution in [2.45, 2.75) is 45.1 Å². The Morgan fingerprint density at radius 3 is 2.11 bits per heavy atom. The van der Waals surface area contributed by atoms with Gasteiger partial charge in [-0.3, -0.25) is 9.59 Å². The molecule has 0 amide bonds. The van der Waals surface area contributed by atoms with Gasteiger partial charge in [0.15, 0.2) is 0 Å². The molecule has 0 radical (unpaired) electrons. The Balaban J connectivity index is 2.05. The fraction of sp³-hybridized carbons (Fsp3) is 0.280. The topological polar surface area (TPSA) is 54.4 Å². The van der Waals surface area contributed by atoms with Crippen LogP contribution in [0.15, 0.2) is 48.5 Å². The molecule has 0 aliphatic heterocycles. The van der Waals surface area contributed by atoms with E-state index in [9.17, 15) is 14.7 Å². The van der Waals surface area contributed by atoms with Crippen molar-refractivity contribution in [2.75, 3.05) is 0 Å². The van der Waals surface area contributed by atoms with Gasteiger partial charge >= 0.3 is 0 Å². The van der Waals surface area contributed by atoms with Crippen molar-refractivity contribution in [1.82, 2.24) is 0 Å². The van der Waals surface area contributed by atoms with Gasteiger partial charge in [-0.2, -0.15) is 0 Å². The minimum atomic E-state index is -1.05. The first-order valence-electron chi connectivity index (χ1n) is 9.11. The number of ketones is 2. The maximum atomic E-state index is 12.5. The lowest BCUT2D eigenvalue weighted by atomic mass is 9.88. The summed E-state index contributed by atoms with van der Waals surface area (Å²) in [5.74, 6) is 7.69. The highest BCUT2D eigenvalue weighted by molar-refractivity contribution is 5.91. The molecule has 0 saturated carbocycles. The Bertz CT molecular complexity index is 941. The summed E-state index contributed by atoms with van der Waals surface area (Å²) in [6.45, 7) is 4.75. The van der Waals surface area contributed by atoms with Gasteiger partial charge in [0.25, 0.3) is 0 Å². The lowest BCUT2D eigenvalue weighted by Gasteiger charge is -2.14. The van der Waals surface area contributed by atoms with Crippen LogP contribution in [-0.2, 0) is 16.0 Å². The zero-order valence-corrected chi connectivity index (χ0v) is 16.5. The summed E-state index contributed by atoms with van der Waals surface area (Å²) in [5.41, 5.74) is 2.13. The van der Waals surface area contributed by atoms with Crippen LogP contribution in [0, 0.1) is 24.2 Å². The molecule has 0 aliphatic carbocycles. The summed E-state index contributed by atoms with van der Waals surface area (Å²) < 4.78 is 0. The second-order valence-electron chi connectivity index (χ2n) is 7.36. The van der Waals surface area contributed by atoms with Crippen LogP contribution in [0.3, 0.4) is 0 Å². The van der Waals surface area contributed by atoms with Gasteiger partial charge in [0, 0.05) is 29.9 Å². The van der Waals surface area contributed by atoms with Gasteiger partial charge in [-0.15, -0.1) is 6.42 Å². The highest BCUT2D eigenvalue weighted by Crippen LogP contribution is 2.22. The van der Waals surface area contributed by atoms with E-state index in [1.54, 1.807) is 26.0 Å². The predicted molar refractivity (Wildman–Crippen MR) is 111 cm³/mol. The van der Waals surface area contributed by atoms with E-state index >= 15 is 0 Å². The molecule has 0 fully saturated rings. The van der Waals surface area contributed by atoms with Crippen LogP contribution in [0.25, 0.3) is 0 Å². The van der Waals surface area contributed by atoms with Crippen LogP contribution < -0.4 is 0 Å². The summed E-state index contributed by atoms with van der Waals surface area (Å²) in [4.78, 5) is 24.6. The molecule has 0 aliphatic rings. The van der Waals surface area contributed by atoms with Crippen LogP contribution in [0.4, 0.5) is 0 Å².